The fraction of sp³-hybridized carbons (Fsp3) is 0.381. The molecule has 0 aliphatic rings. The molecule has 0 bridgehead atoms. The molecule has 2 rings (SSSR count). The van der Waals surface area contributed by atoms with Crippen LogP contribution in [0.2, 0.25) is 0 Å². The summed E-state index contributed by atoms with van der Waals surface area (Å²) in [4.78, 5) is 11.0. The molecule has 4 heteroatoms. The van der Waals surface area contributed by atoms with Gasteiger partial charge in [-0.3, -0.25) is 4.79 Å². The second-order valence-corrected chi connectivity index (χ2v) is 7.05. The summed E-state index contributed by atoms with van der Waals surface area (Å²) >= 11 is 0. The van der Waals surface area contributed by atoms with Crippen LogP contribution in [0.5, 0.6) is 11.5 Å². The molecule has 2 aromatic carbocycles. The maximum atomic E-state index is 11.0. The van der Waals surface area contributed by atoms with Gasteiger partial charge in [0.1, 0.15) is 0 Å². The number of hydrogen-bond donors (Lipinski definition) is 1. The standard InChI is InChI=1S/C21H26O4/c1-21(2,3)20-14(10-12-19(22)23)7-6-8-16(20)15-9-11-17(24-4)18(13-15)25-5/h6-9,11,13H,10,12H2,1-5H3,(H,22,23). The first kappa shape index (κ1) is 18.8. The fourth-order valence-corrected chi connectivity index (χ4v) is 3.18. The van der Waals surface area contributed by atoms with Crippen molar-refractivity contribution < 1.29 is 19.4 Å². The fourth-order valence-electron chi connectivity index (χ4n) is 3.18. The Morgan fingerprint density at radius 1 is 1.04 bits per heavy atom. The monoisotopic (exact) mass is 342 g/mol. The predicted molar refractivity (Wildman–Crippen MR) is 99.6 cm³/mol. The third-order valence-electron chi connectivity index (χ3n) is 4.20. The van der Waals surface area contributed by atoms with Gasteiger partial charge >= 0.3 is 5.97 Å². The van der Waals surface area contributed by atoms with Gasteiger partial charge in [-0.2, -0.15) is 0 Å². The third-order valence-corrected chi connectivity index (χ3v) is 4.20. The topological polar surface area (TPSA) is 55.8 Å². The van der Waals surface area contributed by atoms with Crippen LogP contribution in [-0.4, -0.2) is 25.3 Å². The molecule has 0 aromatic heterocycles. The Labute approximate surface area is 149 Å². The molecule has 4 nitrogen and oxygen atoms in total. The largest absolute Gasteiger partial charge is 0.493 e. The number of carboxylic acids is 1. The van der Waals surface area contributed by atoms with E-state index in [1.165, 1.54) is 5.56 Å². The van der Waals surface area contributed by atoms with Gasteiger partial charge in [-0.1, -0.05) is 45.0 Å². The maximum Gasteiger partial charge on any atom is 0.303 e. The van der Waals surface area contributed by atoms with E-state index >= 15 is 0 Å². The highest BCUT2D eigenvalue weighted by Gasteiger charge is 2.23. The minimum Gasteiger partial charge on any atom is -0.493 e. The molecule has 1 N–H and O–H groups in total. The normalized spacial score (nSPS) is 11.2. The molecular weight excluding hydrogens is 316 g/mol. The smallest absolute Gasteiger partial charge is 0.303 e. The molecule has 0 saturated carbocycles. The van der Waals surface area contributed by atoms with E-state index in [0.29, 0.717) is 17.9 Å². The molecule has 0 atom stereocenters. The van der Waals surface area contributed by atoms with E-state index in [2.05, 4.69) is 26.8 Å². The molecule has 2 aromatic rings. The number of aliphatic carboxylic acids is 1. The van der Waals surface area contributed by atoms with Crippen LogP contribution in [0.1, 0.15) is 38.3 Å². The van der Waals surface area contributed by atoms with Crippen molar-refractivity contribution in [2.24, 2.45) is 0 Å². The van der Waals surface area contributed by atoms with Gasteiger partial charge in [0.25, 0.3) is 0 Å². The van der Waals surface area contributed by atoms with Gasteiger partial charge in [0.2, 0.25) is 0 Å². The molecule has 0 radical (unpaired) electrons. The van der Waals surface area contributed by atoms with Crippen LogP contribution in [0.3, 0.4) is 0 Å². The number of hydrogen-bond acceptors (Lipinski definition) is 3. The minimum absolute atomic E-state index is 0.113. The van der Waals surface area contributed by atoms with E-state index < -0.39 is 5.97 Å². The van der Waals surface area contributed by atoms with E-state index in [-0.39, 0.29) is 11.8 Å². The molecular formula is C21H26O4. The van der Waals surface area contributed by atoms with Crippen LogP contribution in [0.4, 0.5) is 0 Å². The molecule has 134 valence electrons. The lowest BCUT2D eigenvalue weighted by Gasteiger charge is -2.27. The van der Waals surface area contributed by atoms with Crippen LogP contribution >= 0.6 is 0 Å². The Balaban J connectivity index is 2.61. The van der Waals surface area contributed by atoms with Crippen molar-refractivity contribution in [3.8, 4) is 22.6 Å². The van der Waals surface area contributed by atoms with Gasteiger partial charge < -0.3 is 14.6 Å². The molecule has 0 spiro atoms. The van der Waals surface area contributed by atoms with Gasteiger partial charge in [0.15, 0.2) is 11.5 Å². The van der Waals surface area contributed by atoms with E-state index in [9.17, 15) is 4.79 Å². The SMILES string of the molecule is COc1ccc(-c2cccc(CCC(=O)O)c2C(C)(C)C)cc1OC. The molecule has 0 fully saturated rings. The van der Waals surface area contributed by atoms with Crippen molar-refractivity contribution in [1.82, 2.24) is 0 Å². The summed E-state index contributed by atoms with van der Waals surface area (Å²) in [5.74, 6) is 0.581. The van der Waals surface area contributed by atoms with Crippen molar-refractivity contribution in [2.75, 3.05) is 14.2 Å². The minimum atomic E-state index is -0.781. The zero-order valence-corrected chi connectivity index (χ0v) is 15.6. The second-order valence-electron chi connectivity index (χ2n) is 7.05. The quantitative estimate of drug-likeness (QED) is 0.828. The average molecular weight is 342 g/mol. The number of ether oxygens (including phenoxy) is 2. The van der Waals surface area contributed by atoms with Gasteiger partial charge in [0.05, 0.1) is 14.2 Å². The lowest BCUT2D eigenvalue weighted by atomic mass is 9.78. The number of carboxylic acid groups (broad SMARTS) is 1. The van der Waals surface area contributed by atoms with Crippen molar-refractivity contribution in [3.63, 3.8) is 0 Å². The Hall–Kier alpha value is -2.49. The second kappa shape index (κ2) is 7.60. The van der Waals surface area contributed by atoms with Crippen LogP contribution in [0, 0.1) is 0 Å². The molecule has 25 heavy (non-hydrogen) atoms. The summed E-state index contributed by atoms with van der Waals surface area (Å²) < 4.78 is 10.8. The maximum absolute atomic E-state index is 11.0. The summed E-state index contributed by atoms with van der Waals surface area (Å²) in [6, 6.07) is 11.9. The highest BCUT2D eigenvalue weighted by Crippen LogP contribution is 2.39. The van der Waals surface area contributed by atoms with Gasteiger partial charge in [0, 0.05) is 6.42 Å². The third kappa shape index (κ3) is 4.32. The zero-order chi connectivity index (χ0) is 18.6. The van der Waals surface area contributed by atoms with Crippen LogP contribution in [0.25, 0.3) is 11.1 Å². The summed E-state index contributed by atoms with van der Waals surface area (Å²) in [5.41, 5.74) is 4.25. The molecule has 0 unspecified atom stereocenters. The van der Waals surface area contributed by atoms with E-state index in [0.717, 1.165) is 16.7 Å². The van der Waals surface area contributed by atoms with Crippen LogP contribution in [-0.2, 0) is 16.6 Å². The van der Waals surface area contributed by atoms with E-state index in [4.69, 9.17) is 14.6 Å². The lowest BCUT2D eigenvalue weighted by molar-refractivity contribution is -0.136. The van der Waals surface area contributed by atoms with Crippen LogP contribution in [0.15, 0.2) is 36.4 Å². The van der Waals surface area contributed by atoms with Gasteiger partial charge in [-0.05, 0) is 46.2 Å². The summed E-state index contributed by atoms with van der Waals surface area (Å²) in [7, 11) is 3.24. The van der Waals surface area contributed by atoms with Gasteiger partial charge in [-0.15, -0.1) is 0 Å². The predicted octanol–water partition coefficient (Wildman–Crippen LogP) is 4.69. The van der Waals surface area contributed by atoms with Crippen LogP contribution < -0.4 is 9.47 Å². The van der Waals surface area contributed by atoms with Crippen molar-refractivity contribution in [1.29, 1.82) is 0 Å². The number of aryl methyl sites for hydroxylation is 1. The van der Waals surface area contributed by atoms with E-state index in [1.54, 1.807) is 14.2 Å². The lowest BCUT2D eigenvalue weighted by Crippen LogP contribution is -2.16. The summed E-state index contributed by atoms with van der Waals surface area (Å²) in [5, 5.41) is 9.05. The highest BCUT2D eigenvalue weighted by molar-refractivity contribution is 5.73. The number of benzene rings is 2. The molecule has 0 amide bonds. The van der Waals surface area contributed by atoms with Crippen molar-refractivity contribution in [2.45, 2.75) is 39.0 Å². The number of methoxy groups -OCH3 is 2. The first-order chi connectivity index (χ1) is 11.8. The summed E-state index contributed by atoms with van der Waals surface area (Å²) in [6.07, 6.45) is 0.640. The number of carbonyl (C=O) groups is 1. The summed E-state index contributed by atoms with van der Waals surface area (Å²) in [6.45, 7) is 6.45. The Morgan fingerprint density at radius 2 is 1.72 bits per heavy atom. The van der Waals surface area contributed by atoms with Gasteiger partial charge in [-0.25, -0.2) is 0 Å². The highest BCUT2D eigenvalue weighted by atomic mass is 16.5. The first-order valence-corrected chi connectivity index (χ1v) is 8.34. The Morgan fingerprint density at radius 3 is 2.28 bits per heavy atom. The molecule has 0 aliphatic carbocycles. The Kier molecular flexibility index (Phi) is 5.73. The molecule has 0 saturated heterocycles. The average Bonchev–Trinajstić information content (AvgIpc) is 2.58. The molecule has 0 heterocycles. The van der Waals surface area contributed by atoms with Crippen molar-refractivity contribution >= 4 is 5.97 Å². The first-order valence-electron chi connectivity index (χ1n) is 8.34. The zero-order valence-electron chi connectivity index (χ0n) is 15.6. The molecule has 0 aliphatic heterocycles. The van der Waals surface area contributed by atoms with E-state index in [1.807, 2.05) is 30.3 Å². The number of rotatable bonds is 6. The Bertz CT molecular complexity index is 757. The van der Waals surface area contributed by atoms with Crippen molar-refractivity contribution in [3.05, 3.63) is 47.5 Å².